The molecule has 0 unspecified atom stereocenters. The zero-order valence-electron chi connectivity index (χ0n) is 16.1. The Morgan fingerprint density at radius 2 is 1.89 bits per heavy atom. The molecule has 0 spiro atoms. The highest BCUT2D eigenvalue weighted by atomic mass is 79.9. The number of hydrazine groups is 1. The molecule has 1 fully saturated rings. The number of hydrogen-bond acceptors (Lipinski definition) is 4. The fraction of sp³-hybridized carbons (Fsp3) is 0.238. The zero-order chi connectivity index (χ0) is 20.4. The van der Waals surface area contributed by atoms with Crippen LogP contribution in [0.5, 0.6) is 11.5 Å². The van der Waals surface area contributed by atoms with Crippen molar-refractivity contribution in [3.63, 3.8) is 0 Å². The molecule has 0 bridgehead atoms. The molecule has 0 aromatic heterocycles. The summed E-state index contributed by atoms with van der Waals surface area (Å²) in [5, 5.41) is 1.27. The summed E-state index contributed by atoms with van der Waals surface area (Å²) in [7, 11) is 1.54. The predicted octanol–water partition coefficient (Wildman–Crippen LogP) is 3.93. The fourth-order valence-electron chi connectivity index (χ4n) is 2.88. The lowest BCUT2D eigenvalue weighted by Crippen LogP contribution is -2.35. The summed E-state index contributed by atoms with van der Waals surface area (Å²) < 4.78 is 11.6. The van der Waals surface area contributed by atoms with Crippen LogP contribution in [0.2, 0.25) is 0 Å². The van der Waals surface area contributed by atoms with Crippen molar-refractivity contribution >= 4 is 39.5 Å². The van der Waals surface area contributed by atoms with Gasteiger partial charge in [0.1, 0.15) is 5.57 Å². The average Bonchev–Trinajstić information content (AvgIpc) is 2.94. The van der Waals surface area contributed by atoms with Gasteiger partial charge in [0.2, 0.25) is 0 Å². The van der Waals surface area contributed by atoms with Crippen LogP contribution >= 0.6 is 15.9 Å². The summed E-state index contributed by atoms with van der Waals surface area (Å²) in [6.07, 6.45) is 1.54. The SMILES string of the molecule is CCOc1c(Br)cc(C=C2C(=O)NN(c3ccc(C)c(C)c3)C2=O)cc1OC. The van der Waals surface area contributed by atoms with Gasteiger partial charge < -0.3 is 9.47 Å². The van der Waals surface area contributed by atoms with E-state index in [-0.39, 0.29) is 5.57 Å². The minimum absolute atomic E-state index is 0.0522. The monoisotopic (exact) mass is 444 g/mol. The number of benzene rings is 2. The number of nitrogens with zero attached hydrogens (tertiary/aromatic N) is 1. The van der Waals surface area contributed by atoms with Crippen molar-refractivity contribution in [1.82, 2.24) is 5.43 Å². The lowest BCUT2D eigenvalue weighted by atomic mass is 10.1. The van der Waals surface area contributed by atoms with E-state index >= 15 is 0 Å². The van der Waals surface area contributed by atoms with Crippen molar-refractivity contribution in [2.45, 2.75) is 20.8 Å². The first-order valence-electron chi connectivity index (χ1n) is 8.80. The summed E-state index contributed by atoms with van der Waals surface area (Å²) in [6.45, 7) is 6.32. The van der Waals surface area contributed by atoms with E-state index in [1.54, 1.807) is 24.3 Å². The number of carbonyl (C=O) groups is 2. The lowest BCUT2D eigenvalue weighted by molar-refractivity contribution is -0.117. The van der Waals surface area contributed by atoms with Crippen LogP contribution in [-0.2, 0) is 9.59 Å². The number of aryl methyl sites for hydroxylation is 2. The van der Waals surface area contributed by atoms with Gasteiger partial charge in [0.05, 0.1) is 23.9 Å². The lowest BCUT2D eigenvalue weighted by Gasteiger charge is -2.16. The third-order valence-electron chi connectivity index (χ3n) is 4.49. The van der Waals surface area contributed by atoms with E-state index in [9.17, 15) is 9.59 Å². The third-order valence-corrected chi connectivity index (χ3v) is 5.08. The molecule has 0 radical (unpaired) electrons. The van der Waals surface area contributed by atoms with Crippen molar-refractivity contribution in [2.75, 3.05) is 18.7 Å². The van der Waals surface area contributed by atoms with Crippen LogP contribution < -0.4 is 19.9 Å². The number of hydrogen-bond donors (Lipinski definition) is 1. The number of rotatable bonds is 5. The Morgan fingerprint density at radius 3 is 2.54 bits per heavy atom. The molecule has 6 nitrogen and oxygen atoms in total. The molecule has 0 atom stereocenters. The van der Waals surface area contributed by atoms with Crippen LogP contribution in [0, 0.1) is 13.8 Å². The van der Waals surface area contributed by atoms with Gasteiger partial charge in [-0.05, 0) is 83.7 Å². The topological polar surface area (TPSA) is 67.9 Å². The van der Waals surface area contributed by atoms with Crippen molar-refractivity contribution in [2.24, 2.45) is 0 Å². The summed E-state index contributed by atoms with van der Waals surface area (Å²) >= 11 is 3.45. The van der Waals surface area contributed by atoms with Crippen LogP contribution in [0.25, 0.3) is 6.08 Å². The van der Waals surface area contributed by atoms with Crippen molar-refractivity contribution < 1.29 is 19.1 Å². The van der Waals surface area contributed by atoms with Crippen LogP contribution in [-0.4, -0.2) is 25.5 Å². The number of anilines is 1. The summed E-state index contributed by atoms with van der Waals surface area (Å²) in [4.78, 5) is 25.3. The van der Waals surface area contributed by atoms with Crippen molar-refractivity contribution in [3.8, 4) is 11.5 Å². The first kappa shape index (κ1) is 19.9. The standard InChI is InChI=1S/C21H21BrN2O4/c1-5-28-19-17(22)10-14(11-18(19)27-4)9-16-20(25)23-24(21(16)26)15-7-6-12(2)13(3)8-15/h6-11H,5H2,1-4H3,(H,23,25). The van der Waals surface area contributed by atoms with Crippen LogP contribution in [0.1, 0.15) is 23.6 Å². The number of nitrogens with one attached hydrogen (secondary N) is 1. The highest BCUT2D eigenvalue weighted by Gasteiger charge is 2.34. The molecule has 7 heteroatoms. The smallest absolute Gasteiger partial charge is 0.282 e. The largest absolute Gasteiger partial charge is 0.493 e. The van der Waals surface area contributed by atoms with E-state index in [0.29, 0.717) is 33.8 Å². The van der Waals surface area contributed by atoms with E-state index in [2.05, 4.69) is 21.4 Å². The summed E-state index contributed by atoms with van der Waals surface area (Å²) in [5.41, 5.74) is 6.09. The Labute approximate surface area is 172 Å². The first-order valence-corrected chi connectivity index (χ1v) is 9.59. The van der Waals surface area contributed by atoms with E-state index in [4.69, 9.17) is 9.47 Å². The highest BCUT2D eigenvalue weighted by molar-refractivity contribution is 9.10. The van der Waals surface area contributed by atoms with E-state index in [0.717, 1.165) is 11.1 Å². The Morgan fingerprint density at radius 1 is 1.14 bits per heavy atom. The Bertz CT molecular complexity index is 985. The van der Waals surface area contributed by atoms with Gasteiger partial charge in [0.25, 0.3) is 11.8 Å². The van der Waals surface area contributed by atoms with E-state index in [1.807, 2.05) is 32.9 Å². The van der Waals surface area contributed by atoms with E-state index in [1.165, 1.54) is 12.1 Å². The molecule has 146 valence electrons. The van der Waals surface area contributed by atoms with Gasteiger partial charge >= 0.3 is 0 Å². The maximum absolute atomic E-state index is 12.8. The number of ether oxygens (including phenoxy) is 2. The normalized spacial score (nSPS) is 15.2. The number of halogens is 1. The quantitative estimate of drug-likeness (QED) is 0.560. The molecule has 28 heavy (non-hydrogen) atoms. The van der Waals surface area contributed by atoms with Gasteiger partial charge in [-0.25, -0.2) is 5.01 Å². The van der Waals surface area contributed by atoms with E-state index < -0.39 is 11.8 Å². The number of methoxy groups -OCH3 is 1. The Kier molecular flexibility index (Phi) is 5.74. The first-order chi connectivity index (χ1) is 13.3. The maximum Gasteiger partial charge on any atom is 0.282 e. The Hall–Kier alpha value is -2.80. The van der Waals surface area contributed by atoms with Gasteiger partial charge in [-0.15, -0.1) is 0 Å². The molecule has 1 saturated heterocycles. The van der Waals surface area contributed by atoms with Gasteiger partial charge in [-0.1, -0.05) is 6.07 Å². The summed E-state index contributed by atoms with van der Waals surface area (Å²) in [6, 6.07) is 9.09. The molecule has 1 aliphatic heterocycles. The zero-order valence-corrected chi connectivity index (χ0v) is 17.7. The Balaban J connectivity index is 1.96. The average molecular weight is 445 g/mol. The maximum atomic E-state index is 12.8. The highest BCUT2D eigenvalue weighted by Crippen LogP contribution is 2.37. The van der Waals surface area contributed by atoms with Gasteiger partial charge in [0.15, 0.2) is 11.5 Å². The fourth-order valence-corrected chi connectivity index (χ4v) is 3.45. The van der Waals surface area contributed by atoms with Crippen molar-refractivity contribution in [3.05, 3.63) is 57.1 Å². The molecule has 2 amide bonds. The number of amides is 2. The minimum Gasteiger partial charge on any atom is -0.493 e. The molecule has 0 saturated carbocycles. The van der Waals surface area contributed by atoms with Crippen LogP contribution in [0.15, 0.2) is 40.4 Å². The molecular formula is C21H21BrN2O4. The third kappa shape index (κ3) is 3.75. The molecule has 2 aromatic carbocycles. The second-order valence-electron chi connectivity index (χ2n) is 6.38. The second-order valence-corrected chi connectivity index (χ2v) is 7.23. The second kappa shape index (κ2) is 8.06. The molecular weight excluding hydrogens is 424 g/mol. The molecule has 0 aliphatic carbocycles. The molecule has 1 heterocycles. The predicted molar refractivity (Wildman–Crippen MR) is 111 cm³/mol. The van der Waals surface area contributed by atoms with Gasteiger partial charge in [-0.3, -0.25) is 15.0 Å². The molecule has 1 N–H and O–H groups in total. The molecule has 3 rings (SSSR count). The van der Waals surface area contributed by atoms with Gasteiger partial charge in [-0.2, -0.15) is 0 Å². The van der Waals surface area contributed by atoms with Gasteiger partial charge in [0, 0.05) is 0 Å². The van der Waals surface area contributed by atoms with Crippen LogP contribution in [0.4, 0.5) is 5.69 Å². The molecule has 1 aliphatic rings. The molecule has 2 aromatic rings. The number of carbonyl (C=O) groups excluding carboxylic acids is 2. The summed E-state index contributed by atoms with van der Waals surface area (Å²) in [5.74, 6) is 0.232. The van der Waals surface area contributed by atoms with Crippen molar-refractivity contribution in [1.29, 1.82) is 0 Å². The van der Waals surface area contributed by atoms with Crippen LogP contribution in [0.3, 0.4) is 0 Å². The minimum atomic E-state index is -0.452.